The molecular weight excluding hydrogens is 480 g/mol. The third kappa shape index (κ3) is 6.06. The summed E-state index contributed by atoms with van der Waals surface area (Å²) in [5.74, 6) is 0.917. The molecule has 2 amide bonds. The minimum atomic E-state index is -0.174. The Hall–Kier alpha value is -2.83. The zero-order chi connectivity index (χ0) is 24.9. The lowest BCUT2D eigenvalue weighted by Crippen LogP contribution is -2.47. The van der Waals surface area contributed by atoms with Crippen molar-refractivity contribution in [2.24, 2.45) is 5.92 Å². The van der Waals surface area contributed by atoms with Gasteiger partial charge in [0.15, 0.2) is 0 Å². The fourth-order valence-electron chi connectivity index (χ4n) is 4.57. The highest BCUT2D eigenvalue weighted by Gasteiger charge is 2.34. The number of amides is 2. The molecule has 3 aromatic rings. The number of benzene rings is 2. The maximum atomic E-state index is 13.7. The molecule has 4 rings (SSSR count). The molecule has 0 aliphatic carbocycles. The van der Waals surface area contributed by atoms with Gasteiger partial charge < -0.3 is 14.5 Å². The second kappa shape index (κ2) is 11.3. The number of methoxy groups -OCH3 is 1. The lowest BCUT2D eigenvalue weighted by Gasteiger charge is -2.38. The molecule has 2 heterocycles. The molecule has 0 saturated heterocycles. The molecule has 2 aromatic carbocycles. The van der Waals surface area contributed by atoms with Gasteiger partial charge in [-0.25, -0.2) is 0 Å². The van der Waals surface area contributed by atoms with Gasteiger partial charge in [-0.3, -0.25) is 9.59 Å². The van der Waals surface area contributed by atoms with Gasteiger partial charge in [0.05, 0.1) is 26.1 Å². The van der Waals surface area contributed by atoms with E-state index >= 15 is 0 Å². The highest BCUT2D eigenvalue weighted by atomic mass is 35.5. The van der Waals surface area contributed by atoms with E-state index in [-0.39, 0.29) is 36.7 Å². The minimum absolute atomic E-state index is 0.0365. The summed E-state index contributed by atoms with van der Waals surface area (Å²) in [6.07, 6.45) is 1.08. The van der Waals surface area contributed by atoms with E-state index in [4.69, 9.17) is 16.3 Å². The first-order valence-corrected chi connectivity index (χ1v) is 13.1. The summed E-state index contributed by atoms with van der Waals surface area (Å²) in [5.41, 5.74) is 3.09. The molecular formula is C28H31ClN2O3S. The van der Waals surface area contributed by atoms with Gasteiger partial charge in [0, 0.05) is 23.0 Å². The molecule has 0 N–H and O–H groups in total. The molecule has 35 heavy (non-hydrogen) atoms. The Bertz CT molecular complexity index is 1160. The van der Waals surface area contributed by atoms with Crippen molar-refractivity contribution in [1.82, 2.24) is 9.80 Å². The van der Waals surface area contributed by atoms with Crippen molar-refractivity contribution < 1.29 is 14.3 Å². The number of carbonyl (C=O) groups is 2. The second-order valence-corrected chi connectivity index (χ2v) is 10.7. The molecule has 0 radical (unpaired) electrons. The van der Waals surface area contributed by atoms with E-state index in [0.29, 0.717) is 18.1 Å². The Kier molecular flexibility index (Phi) is 8.14. The highest BCUT2D eigenvalue weighted by molar-refractivity contribution is 7.10. The van der Waals surface area contributed by atoms with Crippen LogP contribution in [0, 0.1) is 5.92 Å². The summed E-state index contributed by atoms with van der Waals surface area (Å²) in [5, 5.41) is 2.76. The molecule has 184 valence electrons. The molecule has 1 aromatic heterocycles. The number of nitrogens with zero attached hydrogens (tertiary/aromatic N) is 2. The Labute approximate surface area is 216 Å². The topological polar surface area (TPSA) is 49.9 Å². The molecule has 0 fully saturated rings. The quantitative estimate of drug-likeness (QED) is 0.395. The zero-order valence-corrected chi connectivity index (χ0v) is 21.9. The van der Waals surface area contributed by atoms with Gasteiger partial charge in [0.25, 0.3) is 0 Å². The monoisotopic (exact) mass is 510 g/mol. The fraction of sp³-hybridized carbons (Fsp3) is 0.357. The van der Waals surface area contributed by atoms with E-state index in [1.807, 2.05) is 53.4 Å². The molecule has 1 unspecified atom stereocenters. The number of ether oxygens (including phenoxy) is 1. The molecule has 0 bridgehead atoms. The van der Waals surface area contributed by atoms with Crippen LogP contribution in [0.3, 0.4) is 0 Å². The van der Waals surface area contributed by atoms with Crippen molar-refractivity contribution in [2.45, 2.75) is 32.7 Å². The van der Waals surface area contributed by atoms with E-state index in [1.165, 1.54) is 4.88 Å². The van der Waals surface area contributed by atoms with Gasteiger partial charge in [-0.2, -0.15) is 0 Å². The van der Waals surface area contributed by atoms with Crippen molar-refractivity contribution in [3.8, 4) is 5.75 Å². The van der Waals surface area contributed by atoms with E-state index in [2.05, 4.69) is 25.3 Å². The second-order valence-electron chi connectivity index (χ2n) is 9.28. The smallest absolute Gasteiger partial charge is 0.242 e. The highest BCUT2D eigenvalue weighted by Crippen LogP contribution is 2.38. The lowest BCUT2D eigenvalue weighted by molar-refractivity contribution is -0.141. The van der Waals surface area contributed by atoms with Crippen LogP contribution in [0.2, 0.25) is 5.02 Å². The fourth-order valence-corrected chi connectivity index (χ4v) is 5.60. The van der Waals surface area contributed by atoms with Crippen LogP contribution < -0.4 is 4.74 Å². The van der Waals surface area contributed by atoms with Crippen LogP contribution in [0.5, 0.6) is 5.75 Å². The number of thiophene rings is 1. The first kappa shape index (κ1) is 25.3. The first-order chi connectivity index (χ1) is 16.9. The van der Waals surface area contributed by atoms with Crippen molar-refractivity contribution in [2.75, 3.05) is 26.7 Å². The Morgan fingerprint density at radius 1 is 1.11 bits per heavy atom. The number of halogens is 1. The maximum absolute atomic E-state index is 13.7. The van der Waals surface area contributed by atoms with Crippen molar-refractivity contribution in [3.05, 3.63) is 86.6 Å². The molecule has 7 heteroatoms. The van der Waals surface area contributed by atoms with Gasteiger partial charge in [0.2, 0.25) is 11.8 Å². The minimum Gasteiger partial charge on any atom is -0.497 e. The Morgan fingerprint density at radius 2 is 1.83 bits per heavy atom. The van der Waals surface area contributed by atoms with Crippen molar-refractivity contribution >= 4 is 34.8 Å². The zero-order valence-electron chi connectivity index (χ0n) is 20.4. The van der Waals surface area contributed by atoms with Crippen LogP contribution >= 0.6 is 22.9 Å². The normalized spacial score (nSPS) is 15.1. The molecule has 1 atom stereocenters. The number of hydrogen-bond donors (Lipinski definition) is 0. The summed E-state index contributed by atoms with van der Waals surface area (Å²) in [4.78, 5) is 31.9. The SMILES string of the molecule is COc1ccc(CC(=O)N(CC(=O)N2CCc3sccc3C2c2ccc(Cl)cc2)CC(C)C)cc1. The van der Waals surface area contributed by atoms with Gasteiger partial charge in [-0.15, -0.1) is 11.3 Å². The number of rotatable bonds is 8. The van der Waals surface area contributed by atoms with Crippen LogP contribution in [-0.4, -0.2) is 48.4 Å². The summed E-state index contributed by atoms with van der Waals surface area (Å²) >= 11 is 7.87. The molecule has 1 aliphatic rings. The van der Waals surface area contributed by atoms with Crippen LogP contribution in [-0.2, 0) is 22.4 Å². The predicted molar refractivity (Wildman–Crippen MR) is 141 cm³/mol. The van der Waals surface area contributed by atoms with Crippen LogP contribution in [0.15, 0.2) is 60.0 Å². The van der Waals surface area contributed by atoms with Gasteiger partial charge >= 0.3 is 0 Å². The average Bonchev–Trinajstić information content (AvgIpc) is 3.33. The van der Waals surface area contributed by atoms with E-state index < -0.39 is 0 Å². The summed E-state index contributed by atoms with van der Waals surface area (Å²) in [7, 11) is 1.62. The molecule has 0 saturated carbocycles. The average molecular weight is 511 g/mol. The van der Waals surface area contributed by atoms with Gasteiger partial charge in [0.1, 0.15) is 5.75 Å². The van der Waals surface area contributed by atoms with Crippen LogP contribution in [0.1, 0.15) is 41.5 Å². The first-order valence-electron chi connectivity index (χ1n) is 11.9. The third-order valence-electron chi connectivity index (χ3n) is 6.25. The Morgan fingerprint density at radius 3 is 2.49 bits per heavy atom. The predicted octanol–water partition coefficient (Wildman–Crippen LogP) is 5.61. The van der Waals surface area contributed by atoms with Crippen molar-refractivity contribution in [3.63, 3.8) is 0 Å². The number of carbonyl (C=O) groups excluding carboxylic acids is 2. The Balaban J connectivity index is 1.55. The molecule has 5 nitrogen and oxygen atoms in total. The van der Waals surface area contributed by atoms with E-state index in [9.17, 15) is 9.59 Å². The van der Waals surface area contributed by atoms with Crippen molar-refractivity contribution in [1.29, 1.82) is 0 Å². The molecule has 0 spiro atoms. The van der Waals surface area contributed by atoms with Crippen LogP contribution in [0.4, 0.5) is 0 Å². The number of fused-ring (bicyclic) bond motifs is 1. The third-order valence-corrected chi connectivity index (χ3v) is 7.50. The van der Waals surface area contributed by atoms with Gasteiger partial charge in [-0.05, 0) is 64.7 Å². The van der Waals surface area contributed by atoms with Crippen LogP contribution in [0.25, 0.3) is 0 Å². The standard InChI is InChI=1S/C28H31ClN2O3S/c1-19(2)17-30(26(32)16-20-4-10-23(34-3)11-5-20)18-27(33)31-14-12-25-24(13-15-35-25)28(31)21-6-8-22(29)9-7-21/h4-11,13,15,19,28H,12,14,16-18H2,1-3H3. The lowest BCUT2D eigenvalue weighted by atomic mass is 9.93. The van der Waals surface area contributed by atoms with E-state index in [1.54, 1.807) is 23.3 Å². The summed E-state index contributed by atoms with van der Waals surface area (Å²) < 4.78 is 5.21. The summed E-state index contributed by atoms with van der Waals surface area (Å²) in [6.45, 7) is 5.35. The maximum Gasteiger partial charge on any atom is 0.242 e. The summed E-state index contributed by atoms with van der Waals surface area (Å²) in [6, 6.07) is 17.1. The van der Waals surface area contributed by atoms with Gasteiger partial charge in [-0.1, -0.05) is 49.7 Å². The van der Waals surface area contributed by atoms with E-state index in [0.717, 1.165) is 28.9 Å². The largest absolute Gasteiger partial charge is 0.497 e. The number of hydrogen-bond acceptors (Lipinski definition) is 4. The molecule has 1 aliphatic heterocycles.